The van der Waals surface area contributed by atoms with Crippen LogP contribution in [0.2, 0.25) is 0 Å². The molecule has 0 atom stereocenters. The maximum Gasteiger partial charge on any atom is 0.164 e. The molecular formula is C75H47N7. The highest BCUT2D eigenvalue weighted by Crippen LogP contribution is 2.43. The quantitative estimate of drug-likeness (QED) is 0.152. The topological polar surface area (TPSA) is 58.4 Å². The highest BCUT2D eigenvalue weighted by molar-refractivity contribution is 6.14. The van der Waals surface area contributed by atoms with Gasteiger partial charge in [0.2, 0.25) is 0 Å². The monoisotopic (exact) mass is 1050 g/mol. The first-order chi connectivity index (χ1) is 40.7. The summed E-state index contributed by atoms with van der Waals surface area (Å²) in [6.07, 6.45) is 0. The lowest BCUT2D eigenvalue weighted by Gasteiger charge is -2.17. The normalized spacial score (nSPS) is 11.9. The van der Waals surface area contributed by atoms with Crippen LogP contribution >= 0.6 is 0 Å². The van der Waals surface area contributed by atoms with Crippen molar-refractivity contribution in [1.82, 2.24) is 33.2 Å². The number of benzene rings is 12. The van der Waals surface area contributed by atoms with E-state index in [0.717, 1.165) is 83.7 Å². The molecule has 0 aliphatic carbocycles. The summed E-state index contributed by atoms with van der Waals surface area (Å²) in [5, 5.41) is 9.64. The smallest absolute Gasteiger partial charge is 0.164 e. The fourth-order valence-electron chi connectivity index (χ4n) is 13.0. The Morgan fingerprint density at radius 3 is 1.11 bits per heavy atom. The SMILES string of the molecule is c1ccc(-c2nc(-c3cccc(-n4c5ccccc5c5ccccc54)c3)nc(-c3ccc(-c4ccc5c6cc(-n7c8ccccc8c8ccccc87)ccc6n(-c6ccccc6)c5c4)c(-n4c5ccccc5c5ccccc54)c3)n2)cc1. The van der Waals surface area contributed by atoms with Crippen molar-refractivity contribution in [3.05, 3.63) is 285 Å². The summed E-state index contributed by atoms with van der Waals surface area (Å²) in [7, 11) is 0. The number of rotatable bonds is 8. The molecular weight excluding hydrogens is 999 g/mol. The fraction of sp³-hybridized carbons (Fsp3) is 0. The Labute approximate surface area is 471 Å². The van der Waals surface area contributed by atoms with E-state index >= 15 is 0 Å². The van der Waals surface area contributed by atoms with Gasteiger partial charge in [-0.15, -0.1) is 0 Å². The maximum atomic E-state index is 5.42. The van der Waals surface area contributed by atoms with Crippen molar-refractivity contribution < 1.29 is 0 Å². The molecule has 0 saturated carbocycles. The third-order valence-electron chi connectivity index (χ3n) is 16.6. The molecule has 0 amide bonds. The van der Waals surface area contributed by atoms with Crippen LogP contribution in [0.15, 0.2) is 285 Å². The summed E-state index contributed by atoms with van der Waals surface area (Å²) < 4.78 is 9.60. The van der Waals surface area contributed by atoms with E-state index in [-0.39, 0.29) is 0 Å². The second kappa shape index (κ2) is 18.2. The van der Waals surface area contributed by atoms with E-state index < -0.39 is 0 Å². The van der Waals surface area contributed by atoms with E-state index in [0.29, 0.717) is 17.5 Å². The Hall–Kier alpha value is -11.2. The van der Waals surface area contributed by atoms with Crippen LogP contribution in [-0.2, 0) is 0 Å². The summed E-state index contributed by atoms with van der Waals surface area (Å²) >= 11 is 0. The minimum absolute atomic E-state index is 0.582. The first kappa shape index (κ1) is 45.8. The first-order valence-electron chi connectivity index (χ1n) is 27.8. The molecule has 0 saturated heterocycles. The van der Waals surface area contributed by atoms with Gasteiger partial charge in [-0.3, -0.25) is 0 Å². The molecule has 17 rings (SSSR count). The number of para-hydroxylation sites is 7. The highest BCUT2D eigenvalue weighted by Gasteiger charge is 2.23. The molecule has 0 fully saturated rings. The van der Waals surface area contributed by atoms with Crippen molar-refractivity contribution >= 4 is 87.2 Å². The van der Waals surface area contributed by atoms with Gasteiger partial charge >= 0.3 is 0 Å². The Balaban J connectivity index is 0.882. The van der Waals surface area contributed by atoms with Gasteiger partial charge in [0.25, 0.3) is 0 Å². The van der Waals surface area contributed by atoms with Crippen molar-refractivity contribution in [2.45, 2.75) is 0 Å². The van der Waals surface area contributed by atoms with Gasteiger partial charge in [-0.1, -0.05) is 194 Å². The summed E-state index contributed by atoms with van der Waals surface area (Å²) in [5.41, 5.74) is 18.3. The molecule has 0 N–H and O–H groups in total. The number of aromatic nitrogens is 7. The fourth-order valence-corrected chi connectivity index (χ4v) is 13.0. The van der Waals surface area contributed by atoms with E-state index in [1.807, 2.05) is 18.2 Å². The number of nitrogens with zero attached hydrogens (tertiary/aromatic N) is 7. The second-order valence-electron chi connectivity index (χ2n) is 21.2. The van der Waals surface area contributed by atoms with Crippen LogP contribution in [-0.4, -0.2) is 33.2 Å². The number of hydrogen-bond donors (Lipinski definition) is 0. The molecule has 0 radical (unpaired) electrons. The molecule has 12 aromatic carbocycles. The Bertz CT molecular complexity index is 5250. The minimum Gasteiger partial charge on any atom is -0.309 e. The van der Waals surface area contributed by atoms with E-state index in [2.05, 4.69) is 285 Å². The summed E-state index contributed by atoms with van der Waals surface area (Å²) in [6, 6.07) is 102. The van der Waals surface area contributed by atoms with E-state index in [4.69, 9.17) is 15.0 Å². The molecule has 82 heavy (non-hydrogen) atoms. The highest BCUT2D eigenvalue weighted by atomic mass is 15.0. The van der Waals surface area contributed by atoms with Crippen LogP contribution in [0.1, 0.15) is 0 Å². The standard InChI is InChI=1S/C75H47N7/c1-3-20-48(21-4-1)73-76-74(50-22-19-25-53(44-50)80-64-32-13-7-26-56(64)57-27-8-14-33-65(57)80)78-75(77-73)51-39-41-55(71(46-51)82-68-36-17-11-30-60(68)61-31-12-18-37-69(61)82)49-38-42-62-63-47-54(40-43-70(63)79(72(62)45-49)52-23-5-2-6-24-52)81-66-34-15-9-28-58(66)59-29-10-16-35-67(59)81/h1-47H. The van der Waals surface area contributed by atoms with Crippen LogP contribution in [0.4, 0.5) is 0 Å². The zero-order valence-electron chi connectivity index (χ0n) is 44.3. The average molecular weight is 1050 g/mol. The van der Waals surface area contributed by atoms with Gasteiger partial charge in [-0.25, -0.2) is 15.0 Å². The minimum atomic E-state index is 0.582. The lowest BCUT2D eigenvalue weighted by molar-refractivity contribution is 1.07. The van der Waals surface area contributed by atoms with Crippen LogP contribution in [0.3, 0.4) is 0 Å². The molecule has 0 spiro atoms. The van der Waals surface area contributed by atoms with Crippen molar-refractivity contribution in [3.8, 4) is 68.0 Å². The molecule has 0 bridgehead atoms. The molecule has 0 aliphatic heterocycles. The predicted molar refractivity (Wildman–Crippen MR) is 339 cm³/mol. The van der Waals surface area contributed by atoms with Crippen molar-refractivity contribution in [2.24, 2.45) is 0 Å². The van der Waals surface area contributed by atoms with Crippen molar-refractivity contribution in [1.29, 1.82) is 0 Å². The summed E-state index contributed by atoms with van der Waals surface area (Å²) in [5.74, 6) is 1.78. The summed E-state index contributed by atoms with van der Waals surface area (Å²) in [6.45, 7) is 0. The van der Waals surface area contributed by atoms with E-state index in [9.17, 15) is 0 Å². The Morgan fingerprint density at radius 1 is 0.195 bits per heavy atom. The summed E-state index contributed by atoms with van der Waals surface area (Å²) in [4.78, 5) is 16.0. The number of fused-ring (bicyclic) bond motifs is 12. The number of hydrogen-bond acceptors (Lipinski definition) is 3. The van der Waals surface area contributed by atoms with E-state index in [1.54, 1.807) is 0 Å². The second-order valence-corrected chi connectivity index (χ2v) is 21.2. The van der Waals surface area contributed by atoms with Crippen molar-refractivity contribution in [3.63, 3.8) is 0 Å². The van der Waals surface area contributed by atoms with Crippen LogP contribution in [0, 0.1) is 0 Å². The third kappa shape index (κ3) is 7.06. The Kier molecular flexibility index (Phi) is 10.2. The van der Waals surface area contributed by atoms with Crippen LogP contribution in [0.25, 0.3) is 155 Å². The molecule has 5 aromatic heterocycles. The van der Waals surface area contributed by atoms with Gasteiger partial charge < -0.3 is 18.3 Å². The molecule has 5 heterocycles. The third-order valence-corrected chi connectivity index (χ3v) is 16.6. The van der Waals surface area contributed by atoms with Crippen molar-refractivity contribution in [2.75, 3.05) is 0 Å². The largest absolute Gasteiger partial charge is 0.309 e. The lowest BCUT2D eigenvalue weighted by Crippen LogP contribution is -2.03. The molecule has 0 unspecified atom stereocenters. The predicted octanol–water partition coefficient (Wildman–Crippen LogP) is 18.9. The molecule has 7 nitrogen and oxygen atoms in total. The van der Waals surface area contributed by atoms with Gasteiger partial charge in [0.1, 0.15) is 0 Å². The van der Waals surface area contributed by atoms with Gasteiger partial charge in [-0.05, 0) is 96.6 Å². The average Bonchev–Trinajstić information content (AvgIpc) is 4.06. The lowest BCUT2D eigenvalue weighted by atomic mass is 9.99. The zero-order valence-corrected chi connectivity index (χ0v) is 44.3. The first-order valence-corrected chi connectivity index (χ1v) is 27.8. The maximum absolute atomic E-state index is 5.42. The zero-order chi connectivity index (χ0) is 53.8. The van der Waals surface area contributed by atoms with Crippen LogP contribution < -0.4 is 0 Å². The van der Waals surface area contributed by atoms with Gasteiger partial charge in [0, 0.05) is 82.4 Å². The molecule has 7 heteroatoms. The Morgan fingerprint density at radius 2 is 0.573 bits per heavy atom. The molecule has 17 aromatic rings. The van der Waals surface area contributed by atoms with Gasteiger partial charge in [-0.2, -0.15) is 0 Å². The van der Waals surface area contributed by atoms with Gasteiger partial charge in [0.05, 0.1) is 49.8 Å². The molecule has 0 aliphatic rings. The van der Waals surface area contributed by atoms with Gasteiger partial charge in [0.15, 0.2) is 17.5 Å². The van der Waals surface area contributed by atoms with Crippen LogP contribution in [0.5, 0.6) is 0 Å². The van der Waals surface area contributed by atoms with E-state index in [1.165, 1.54) is 54.1 Å². The molecule has 382 valence electrons.